The molecule has 0 radical (unpaired) electrons. The minimum atomic E-state index is 1.00. The molecule has 3 aliphatic rings. The van der Waals surface area contributed by atoms with Crippen LogP contribution in [0.25, 0.3) is 0 Å². The first-order valence-electron chi connectivity index (χ1n) is 6.85. The Morgan fingerprint density at radius 2 is 1.27 bits per heavy atom. The molecule has 0 aromatic heterocycles. The van der Waals surface area contributed by atoms with Crippen LogP contribution in [-0.4, -0.2) is 29.6 Å². The number of fused-ring (bicyclic) bond motifs is 2. The van der Waals surface area contributed by atoms with E-state index in [1.165, 1.54) is 51.4 Å². The molecule has 0 bridgehead atoms. The van der Waals surface area contributed by atoms with Gasteiger partial charge in [-0.15, -0.1) is 11.8 Å². The molecule has 3 fully saturated rings. The van der Waals surface area contributed by atoms with E-state index < -0.39 is 0 Å². The molecule has 2 heteroatoms. The quantitative estimate of drug-likeness (QED) is 0.661. The number of thioether (sulfide) groups is 1. The van der Waals surface area contributed by atoms with Gasteiger partial charge in [0, 0.05) is 12.8 Å². The molecular weight excluding hydrogens is 202 g/mol. The molecular formula is C13H24NS+. The van der Waals surface area contributed by atoms with Crippen molar-refractivity contribution < 1.29 is 4.90 Å². The van der Waals surface area contributed by atoms with Crippen molar-refractivity contribution in [1.29, 1.82) is 0 Å². The highest BCUT2D eigenvalue weighted by Gasteiger charge is 2.46. The normalized spacial score (nSPS) is 50.6. The third kappa shape index (κ3) is 1.84. The summed E-state index contributed by atoms with van der Waals surface area (Å²) in [6.45, 7) is 0. The zero-order valence-corrected chi connectivity index (χ0v) is 10.7. The average Bonchev–Trinajstić information content (AvgIpc) is 2.30. The van der Waals surface area contributed by atoms with E-state index in [9.17, 15) is 0 Å². The van der Waals surface area contributed by atoms with Gasteiger partial charge in [-0.25, -0.2) is 0 Å². The minimum absolute atomic E-state index is 1.00. The van der Waals surface area contributed by atoms with Crippen molar-refractivity contribution in [3.8, 4) is 0 Å². The highest BCUT2D eigenvalue weighted by atomic mass is 32.2. The number of quaternary nitrogens is 1. The lowest BCUT2D eigenvalue weighted by Gasteiger charge is -2.48. The van der Waals surface area contributed by atoms with Gasteiger partial charge in [-0.1, -0.05) is 12.8 Å². The van der Waals surface area contributed by atoms with Crippen molar-refractivity contribution in [3.05, 3.63) is 0 Å². The summed E-state index contributed by atoms with van der Waals surface area (Å²) in [5.74, 6) is 0. The Hall–Kier alpha value is 0.310. The minimum Gasteiger partial charge on any atom is -0.331 e. The second-order valence-corrected chi connectivity index (χ2v) is 7.22. The van der Waals surface area contributed by atoms with Crippen molar-refractivity contribution in [2.24, 2.45) is 0 Å². The topological polar surface area (TPSA) is 4.44 Å². The molecule has 1 heterocycles. The molecule has 1 N–H and O–H groups in total. The summed E-state index contributed by atoms with van der Waals surface area (Å²) in [5.41, 5.74) is 0. The molecule has 15 heavy (non-hydrogen) atoms. The summed E-state index contributed by atoms with van der Waals surface area (Å²) in [7, 11) is 2.49. The first kappa shape index (κ1) is 10.5. The smallest absolute Gasteiger partial charge is 0.0995 e. The molecule has 3 rings (SSSR count). The Morgan fingerprint density at radius 1 is 0.800 bits per heavy atom. The summed E-state index contributed by atoms with van der Waals surface area (Å²) in [6.07, 6.45) is 12.0. The predicted octanol–water partition coefficient (Wildman–Crippen LogP) is 1.87. The van der Waals surface area contributed by atoms with Crippen LogP contribution in [0.15, 0.2) is 0 Å². The van der Waals surface area contributed by atoms with Gasteiger partial charge in [0.15, 0.2) is 0 Å². The monoisotopic (exact) mass is 226 g/mol. The number of hydrogen-bond donors (Lipinski definition) is 1. The van der Waals surface area contributed by atoms with E-state index in [2.05, 4.69) is 18.8 Å². The third-order valence-electron chi connectivity index (χ3n) is 4.92. The van der Waals surface area contributed by atoms with Gasteiger partial charge in [-0.3, -0.25) is 0 Å². The standard InChI is InChI=1S/C13H23NS/c1-14-10-6-2-4-8-12(10)15-13-9-5-3-7-11(13)14/h10-13H,2-9H2,1H3/p+1/t10-,11-,12-,13-/m0/s1. The molecule has 2 aliphatic carbocycles. The first-order valence-corrected chi connectivity index (χ1v) is 7.79. The molecule has 0 spiro atoms. The van der Waals surface area contributed by atoms with E-state index in [0.29, 0.717) is 0 Å². The maximum absolute atomic E-state index is 2.49. The van der Waals surface area contributed by atoms with Crippen molar-refractivity contribution >= 4 is 11.8 Å². The molecule has 1 nitrogen and oxygen atoms in total. The molecule has 4 atom stereocenters. The second-order valence-electron chi connectivity index (χ2n) is 5.74. The lowest BCUT2D eigenvalue weighted by atomic mass is 9.88. The molecule has 0 amide bonds. The number of nitrogens with one attached hydrogen (secondary N) is 1. The molecule has 1 aliphatic heterocycles. The molecule has 0 aromatic carbocycles. The SMILES string of the molecule is C[NH+]1[C@H]2CCCC[C@@H]2S[C@H]2CCCC[C@@H]21. The van der Waals surface area contributed by atoms with Crippen molar-refractivity contribution in [1.82, 2.24) is 0 Å². The zero-order chi connectivity index (χ0) is 10.3. The molecule has 86 valence electrons. The van der Waals surface area contributed by atoms with Gasteiger partial charge in [0.25, 0.3) is 0 Å². The van der Waals surface area contributed by atoms with Crippen LogP contribution in [0.3, 0.4) is 0 Å². The van der Waals surface area contributed by atoms with Crippen molar-refractivity contribution in [2.45, 2.75) is 74.0 Å². The summed E-state index contributed by atoms with van der Waals surface area (Å²) in [5, 5.41) is 2.02. The zero-order valence-electron chi connectivity index (χ0n) is 9.87. The Morgan fingerprint density at radius 3 is 1.80 bits per heavy atom. The summed E-state index contributed by atoms with van der Waals surface area (Å²) in [4.78, 5) is 1.91. The molecule has 0 aromatic rings. The Balaban J connectivity index is 1.76. The highest BCUT2D eigenvalue weighted by Crippen LogP contribution is 2.39. The third-order valence-corrected chi connectivity index (χ3v) is 6.75. The number of rotatable bonds is 0. The van der Waals surface area contributed by atoms with Crippen LogP contribution in [-0.2, 0) is 0 Å². The van der Waals surface area contributed by atoms with E-state index in [1.807, 2.05) is 4.90 Å². The Bertz CT molecular complexity index is 209. The largest absolute Gasteiger partial charge is 0.331 e. The summed E-state index contributed by atoms with van der Waals surface area (Å²) in [6, 6.07) is 2.01. The van der Waals surface area contributed by atoms with Gasteiger partial charge in [-0.05, 0) is 25.7 Å². The van der Waals surface area contributed by atoms with Gasteiger partial charge in [0.05, 0.1) is 29.6 Å². The fourth-order valence-electron chi connectivity index (χ4n) is 4.06. The lowest BCUT2D eigenvalue weighted by molar-refractivity contribution is -0.933. The van der Waals surface area contributed by atoms with Gasteiger partial charge >= 0.3 is 0 Å². The summed E-state index contributed by atoms with van der Waals surface area (Å²) < 4.78 is 0. The fraction of sp³-hybridized carbons (Fsp3) is 1.00. The van der Waals surface area contributed by atoms with E-state index in [1.54, 1.807) is 0 Å². The highest BCUT2D eigenvalue weighted by molar-refractivity contribution is 8.00. The van der Waals surface area contributed by atoms with E-state index in [-0.39, 0.29) is 0 Å². The van der Waals surface area contributed by atoms with Crippen LogP contribution >= 0.6 is 11.8 Å². The Kier molecular flexibility index (Phi) is 2.99. The van der Waals surface area contributed by atoms with Crippen LogP contribution < -0.4 is 4.90 Å². The Labute approximate surface area is 98.0 Å². The van der Waals surface area contributed by atoms with Gasteiger partial charge in [-0.2, -0.15) is 0 Å². The number of hydrogen-bond acceptors (Lipinski definition) is 1. The maximum Gasteiger partial charge on any atom is 0.0995 e. The average molecular weight is 226 g/mol. The van der Waals surface area contributed by atoms with E-state index in [0.717, 1.165) is 22.6 Å². The van der Waals surface area contributed by atoms with Crippen LogP contribution in [0.4, 0.5) is 0 Å². The van der Waals surface area contributed by atoms with E-state index >= 15 is 0 Å². The van der Waals surface area contributed by atoms with Gasteiger partial charge in [0.1, 0.15) is 0 Å². The van der Waals surface area contributed by atoms with Crippen LogP contribution in [0, 0.1) is 0 Å². The fourth-order valence-corrected chi connectivity index (χ4v) is 6.20. The lowest BCUT2D eigenvalue weighted by Crippen LogP contribution is -3.20. The second kappa shape index (κ2) is 4.29. The van der Waals surface area contributed by atoms with Gasteiger partial charge < -0.3 is 4.90 Å². The molecule has 0 unspecified atom stereocenters. The van der Waals surface area contributed by atoms with Crippen LogP contribution in [0.5, 0.6) is 0 Å². The first-order chi connectivity index (χ1) is 7.36. The van der Waals surface area contributed by atoms with Gasteiger partial charge in [0.2, 0.25) is 0 Å². The van der Waals surface area contributed by atoms with E-state index in [4.69, 9.17) is 0 Å². The maximum atomic E-state index is 2.49. The summed E-state index contributed by atoms with van der Waals surface area (Å²) >= 11 is 2.38. The molecule has 2 saturated carbocycles. The van der Waals surface area contributed by atoms with Crippen molar-refractivity contribution in [3.63, 3.8) is 0 Å². The molecule has 1 saturated heterocycles. The van der Waals surface area contributed by atoms with Crippen LogP contribution in [0.2, 0.25) is 0 Å². The van der Waals surface area contributed by atoms with Crippen LogP contribution in [0.1, 0.15) is 51.4 Å². The van der Waals surface area contributed by atoms with Crippen molar-refractivity contribution in [2.75, 3.05) is 7.05 Å². The predicted molar refractivity (Wildman–Crippen MR) is 66.6 cm³/mol.